The van der Waals surface area contributed by atoms with Crippen LogP contribution >= 0.6 is 0 Å². The largest absolute Gasteiger partial charge is 0.497 e. The standard InChI is InChI=1S/C7H8O.C7H8.C3H8.2C2H6/c1-8-7-5-3-2-4-6-7;1-7-5-3-2-4-6-7;1-3-2;2*1-2/h2-6H,1H3;2-6H,1H3;3H2,1-2H3;2*1-2H3. The summed E-state index contributed by atoms with van der Waals surface area (Å²) in [6, 6.07) is 19.9. The van der Waals surface area contributed by atoms with Gasteiger partial charge in [-0.05, 0) is 19.1 Å². The summed E-state index contributed by atoms with van der Waals surface area (Å²) >= 11 is 0. The molecule has 0 bridgehead atoms. The van der Waals surface area contributed by atoms with Crippen LogP contribution in [0.2, 0.25) is 0 Å². The van der Waals surface area contributed by atoms with E-state index in [4.69, 9.17) is 4.74 Å². The monoisotopic (exact) mass is 304 g/mol. The lowest BCUT2D eigenvalue weighted by Crippen LogP contribution is -1.78. The van der Waals surface area contributed by atoms with E-state index in [1.165, 1.54) is 12.0 Å². The van der Waals surface area contributed by atoms with E-state index in [2.05, 4.69) is 32.9 Å². The van der Waals surface area contributed by atoms with Crippen molar-refractivity contribution < 1.29 is 4.74 Å². The Morgan fingerprint density at radius 2 is 1.00 bits per heavy atom. The van der Waals surface area contributed by atoms with Gasteiger partial charge in [0.05, 0.1) is 7.11 Å². The Morgan fingerprint density at radius 1 is 0.682 bits per heavy atom. The van der Waals surface area contributed by atoms with Gasteiger partial charge in [-0.3, -0.25) is 0 Å². The van der Waals surface area contributed by atoms with Gasteiger partial charge < -0.3 is 4.74 Å². The summed E-state index contributed by atoms with van der Waals surface area (Å²) in [7, 11) is 1.66. The minimum absolute atomic E-state index is 0.910. The van der Waals surface area contributed by atoms with E-state index in [0.717, 1.165) is 5.75 Å². The zero-order valence-electron chi connectivity index (χ0n) is 15.9. The van der Waals surface area contributed by atoms with Crippen LogP contribution in [0.3, 0.4) is 0 Å². The zero-order chi connectivity index (χ0) is 17.6. The van der Waals surface area contributed by atoms with Crippen LogP contribution in [0.25, 0.3) is 0 Å². The summed E-state index contributed by atoms with van der Waals surface area (Å²) < 4.78 is 4.91. The smallest absolute Gasteiger partial charge is 0.118 e. The van der Waals surface area contributed by atoms with Crippen LogP contribution in [0.1, 0.15) is 53.5 Å². The van der Waals surface area contributed by atoms with Crippen molar-refractivity contribution in [1.82, 2.24) is 0 Å². The van der Waals surface area contributed by atoms with E-state index in [-0.39, 0.29) is 0 Å². The molecular formula is C21H36O. The Hall–Kier alpha value is -1.76. The van der Waals surface area contributed by atoms with Crippen molar-refractivity contribution in [2.75, 3.05) is 7.11 Å². The lowest BCUT2D eigenvalue weighted by atomic mass is 10.2. The molecule has 0 amide bonds. The van der Waals surface area contributed by atoms with E-state index in [1.54, 1.807) is 7.11 Å². The van der Waals surface area contributed by atoms with Gasteiger partial charge in [-0.25, -0.2) is 0 Å². The average Bonchev–Trinajstić information content (AvgIpc) is 2.61. The van der Waals surface area contributed by atoms with Crippen LogP contribution in [-0.2, 0) is 0 Å². The summed E-state index contributed by atoms with van der Waals surface area (Å²) in [6.45, 7) is 14.3. The first-order valence-electron chi connectivity index (χ1n) is 8.35. The van der Waals surface area contributed by atoms with Gasteiger partial charge in [0.15, 0.2) is 0 Å². The molecule has 0 saturated carbocycles. The number of benzene rings is 2. The Kier molecular flexibility index (Phi) is 27.8. The van der Waals surface area contributed by atoms with Gasteiger partial charge in [0.2, 0.25) is 0 Å². The van der Waals surface area contributed by atoms with E-state index in [0.29, 0.717) is 0 Å². The van der Waals surface area contributed by atoms with Crippen molar-refractivity contribution in [3.63, 3.8) is 0 Å². The first-order chi connectivity index (χ1) is 10.7. The fourth-order valence-electron chi connectivity index (χ4n) is 1.09. The van der Waals surface area contributed by atoms with Crippen LogP contribution in [-0.4, -0.2) is 7.11 Å². The van der Waals surface area contributed by atoms with E-state index in [9.17, 15) is 0 Å². The molecule has 2 aromatic rings. The Balaban J connectivity index is -0.000000236. The van der Waals surface area contributed by atoms with Crippen molar-refractivity contribution in [3.05, 3.63) is 66.2 Å². The molecule has 0 saturated heterocycles. The topological polar surface area (TPSA) is 9.23 Å². The Morgan fingerprint density at radius 3 is 1.18 bits per heavy atom. The van der Waals surface area contributed by atoms with Gasteiger partial charge >= 0.3 is 0 Å². The second-order valence-corrected chi connectivity index (χ2v) is 3.88. The van der Waals surface area contributed by atoms with Crippen LogP contribution in [0, 0.1) is 6.92 Å². The highest BCUT2D eigenvalue weighted by atomic mass is 16.5. The number of hydrogen-bond acceptors (Lipinski definition) is 1. The molecular weight excluding hydrogens is 268 g/mol. The van der Waals surface area contributed by atoms with Crippen LogP contribution in [0.5, 0.6) is 5.75 Å². The molecule has 0 N–H and O–H groups in total. The van der Waals surface area contributed by atoms with Crippen LogP contribution < -0.4 is 4.74 Å². The quantitative estimate of drug-likeness (QED) is 0.543. The minimum atomic E-state index is 0.910. The molecule has 0 aliphatic heterocycles. The Labute approximate surface area is 139 Å². The maximum absolute atomic E-state index is 4.91. The molecule has 0 radical (unpaired) electrons. The number of hydrogen-bond donors (Lipinski definition) is 0. The number of methoxy groups -OCH3 is 1. The first kappa shape index (κ1) is 25.2. The predicted octanol–water partition coefficient (Wildman–Crippen LogP) is 7.16. The molecule has 0 aliphatic carbocycles. The molecule has 2 rings (SSSR count). The Bertz CT molecular complexity index is 368. The highest BCUT2D eigenvalue weighted by Crippen LogP contribution is 2.05. The number of para-hydroxylation sites is 1. The number of aryl methyl sites for hydroxylation is 1. The van der Waals surface area contributed by atoms with Crippen molar-refractivity contribution in [1.29, 1.82) is 0 Å². The van der Waals surface area contributed by atoms with Crippen LogP contribution in [0.4, 0.5) is 0 Å². The van der Waals surface area contributed by atoms with E-state index < -0.39 is 0 Å². The molecule has 126 valence electrons. The highest BCUT2D eigenvalue weighted by Gasteiger charge is 1.80. The summed E-state index contributed by atoms with van der Waals surface area (Å²) in [5, 5.41) is 0. The fourth-order valence-corrected chi connectivity index (χ4v) is 1.09. The van der Waals surface area contributed by atoms with Crippen molar-refractivity contribution in [3.8, 4) is 5.75 Å². The van der Waals surface area contributed by atoms with Crippen LogP contribution in [0.15, 0.2) is 60.7 Å². The van der Waals surface area contributed by atoms with E-state index in [1.807, 2.05) is 76.2 Å². The second kappa shape index (κ2) is 24.3. The third-order valence-electron chi connectivity index (χ3n) is 1.92. The molecule has 0 spiro atoms. The van der Waals surface area contributed by atoms with Gasteiger partial charge in [0, 0.05) is 0 Å². The predicted molar refractivity (Wildman–Crippen MR) is 103 cm³/mol. The van der Waals surface area contributed by atoms with E-state index >= 15 is 0 Å². The molecule has 2 aromatic carbocycles. The summed E-state index contributed by atoms with van der Waals surface area (Å²) in [6.07, 6.45) is 1.25. The third-order valence-corrected chi connectivity index (χ3v) is 1.92. The molecule has 0 aromatic heterocycles. The maximum Gasteiger partial charge on any atom is 0.118 e. The highest BCUT2D eigenvalue weighted by molar-refractivity contribution is 5.20. The molecule has 0 heterocycles. The minimum Gasteiger partial charge on any atom is -0.497 e. The first-order valence-corrected chi connectivity index (χ1v) is 8.35. The normalized spacial score (nSPS) is 7.27. The van der Waals surface area contributed by atoms with Gasteiger partial charge in [0.25, 0.3) is 0 Å². The average molecular weight is 305 g/mol. The molecule has 0 aliphatic rings. The SMILES string of the molecule is CC.CC.CCC.COc1ccccc1.Cc1ccccc1. The van der Waals surface area contributed by atoms with Crippen molar-refractivity contribution in [2.24, 2.45) is 0 Å². The molecule has 0 fully saturated rings. The maximum atomic E-state index is 4.91. The molecule has 0 unspecified atom stereocenters. The second-order valence-electron chi connectivity index (χ2n) is 3.88. The summed E-state index contributed by atoms with van der Waals surface area (Å²) in [5.74, 6) is 0.910. The van der Waals surface area contributed by atoms with Gasteiger partial charge in [-0.2, -0.15) is 0 Å². The summed E-state index contributed by atoms with van der Waals surface area (Å²) in [4.78, 5) is 0. The molecule has 0 atom stereocenters. The van der Waals surface area contributed by atoms with Crippen molar-refractivity contribution in [2.45, 2.75) is 54.9 Å². The molecule has 22 heavy (non-hydrogen) atoms. The van der Waals surface area contributed by atoms with Gasteiger partial charge in [0.1, 0.15) is 5.75 Å². The third kappa shape index (κ3) is 20.6. The van der Waals surface area contributed by atoms with Crippen molar-refractivity contribution >= 4 is 0 Å². The zero-order valence-corrected chi connectivity index (χ0v) is 15.9. The fraction of sp³-hybridized carbons (Fsp3) is 0.429. The van der Waals surface area contributed by atoms with Gasteiger partial charge in [-0.1, -0.05) is 102 Å². The van der Waals surface area contributed by atoms with Gasteiger partial charge in [-0.15, -0.1) is 0 Å². The lowest BCUT2D eigenvalue weighted by molar-refractivity contribution is 0.415. The summed E-state index contributed by atoms with van der Waals surface area (Å²) in [5.41, 5.74) is 1.32. The lowest BCUT2D eigenvalue weighted by Gasteiger charge is -1.93. The molecule has 1 heteroatoms. The number of ether oxygens (including phenoxy) is 1. The molecule has 1 nitrogen and oxygen atoms in total. The number of rotatable bonds is 1.